The van der Waals surface area contributed by atoms with Gasteiger partial charge in [-0.3, -0.25) is 4.79 Å². The molecule has 0 amide bonds. The lowest BCUT2D eigenvalue weighted by Gasteiger charge is -2.22. The van der Waals surface area contributed by atoms with Gasteiger partial charge in [-0.05, 0) is 31.4 Å². The molecular weight excluding hydrogens is 188 g/mol. The normalized spacial score (nSPS) is 21.4. The largest absolute Gasteiger partial charge is 0.361 e. The summed E-state index contributed by atoms with van der Waals surface area (Å²) in [5.74, 6) is 0.640. The van der Waals surface area contributed by atoms with E-state index in [4.69, 9.17) is 0 Å². The summed E-state index contributed by atoms with van der Waals surface area (Å²) < 4.78 is 0. The van der Waals surface area contributed by atoms with Crippen LogP contribution in [0, 0.1) is 0 Å². The Morgan fingerprint density at radius 2 is 2.27 bits per heavy atom. The zero-order valence-corrected chi connectivity index (χ0v) is 9.05. The number of H-pyrrole nitrogens is 1. The third-order valence-electron chi connectivity index (χ3n) is 3.54. The molecule has 2 aliphatic rings. The highest BCUT2D eigenvalue weighted by molar-refractivity contribution is 5.80. The first kappa shape index (κ1) is 9.16. The summed E-state index contributed by atoms with van der Waals surface area (Å²) in [6.45, 7) is 2.02. The van der Waals surface area contributed by atoms with Gasteiger partial charge in [-0.1, -0.05) is 0 Å². The SMILES string of the molecule is CN1CCc2[nH]c(C3CC3)c(C=O)c2C1. The molecule has 3 heteroatoms. The molecule has 1 aliphatic carbocycles. The number of nitrogens with one attached hydrogen (secondary N) is 1. The maximum Gasteiger partial charge on any atom is 0.152 e. The monoisotopic (exact) mass is 204 g/mol. The summed E-state index contributed by atoms with van der Waals surface area (Å²) in [6, 6.07) is 0. The fourth-order valence-corrected chi connectivity index (χ4v) is 2.50. The lowest BCUT2D eigenvalue weighted by Crippen LogP contribution is -2.26. The average Bonchev–Trinajstić information content (AvgIpc) is 3.00. The number of aromatic nitrogens is 1. The molecule has 0 saturated heterocycles. The highest BCUT2D eigenvalue weighted by Crippen LogP contribution is 2.42. The van der Waals surface area contributed by atoms with Crippen molar-refractivity contribution >= 4 is 6.29 Å². The van der Waals surface area contributed by atoms with E-state index in [9.17, 15) is 4.79 Å². The first-order valence-corrected chi connectivity index (χ1v) is 5.67. The van der Waals surface area contributed by atoms with E-state index >= 15 is 0 Å². The van der Waals surface area contributed by atoms with E-state index in [0.717, 1.165) is 31.4 Å². The molecule has 0 spiro atoms. The molecule has 2 heterocycles. The highest BCUT2D eigenvalue weighted by atomic mass is 16.1. The molecule has 0 radical (unpaired) electrons. The third kappa shape index (κ3) is 1.42. The van der Waals surface area contributed by atoms with Crippen LogP contribution in [0.15, 0.2) is 0 Å². The van der Waals surface area contributed by atoms with Gasteiger partial charge >= 0.3 is 0 Å². The van der Waals surface area contributed by atoms with Crippen LogP contribution in [-0.4, -0.2) is 29.8 Å². The Bertz CT molecular complexity index is 404. The number of fused-ring (bicyclic) bond motifs is 1. The second kappa shape index (κ2) is 3.20. The number of carbonyl (C=O) groups excluding carboxylic acids is 1. The Kier molecular flexibility index (Phi) is 1.96. The predicted octanol–water partition coefficient (Wildman–Crippen LogP) is 1.69. The number of hydrogen-bond donors (Lipinski definition) is 1. The van der Waals surface area contributed by atoms with Crippen molar-refractivity contribution in [2.45, 2.75) is 31.7 Å². The van der Waals surface area contributed by atoms with Crippen molar-refractivity contribution in [2.24, 2.45) is 0 Å². The van der Waals surface area contributed by atoms with Gasteiger partial charge in [0.15, 0.2) is 6.29 Å². The fourth-order valence-electron chi connectivity index (χ4n) is 2.50. The van der Waals surface area contributed by atoms with E-state index in [1.807, 2.05) is 0 Å². The van der Waals surface area contributed by atoms with Gasteiger partial charge in [-0.15, -0.1) is 0 Å². The average molecular weight is 204 g/mol. The minimum absolute atomic E-state index is 0.640. The van der Waals surface area contributed by atoms with Gasteiger partial charge in [0.05, 0.1) is 0 Å². The van der Waals surface area contributed by atoms with Crippen molar-refractivity contribution in [3.8, 4) is 0 Å². The van der Waals surface area contributed by atoms with Crippen LogP contribution in [-0.2, 0) is 13.0 Å². The second-order valence-electron chi connectivity index (χ2n) is 4.79. The number of likely N-dealkylation sites (N-methyl/N-ethyl adjacent to an activating group) is 1. The van der Waals surface area contributed by atoms with Crippen molar-refractivity contribution in [2.75, 3.05) is 13.6 Å². The maximum absolute atomic E-state index is 11.2. The van der Waals surface area contributed by atoms with E-state index in [1.54, 1.807) is 0 Å². The Balaban J connectivity index is 2.07. The maximum atomic E-state index is 11.2. The van der Waals surface area contributed by atoms with E-state index in [-0.39, 0.29) is 0 Å². The minimum Gasteiger partial charge on any atom is -0.361 e. The van der Waals surface area contributed by atoms with Gasteiger partial charge < -0.3 is 9.88 Å². The fraction of sp³-hybridized carbons (Fsp3) is 0.583. The molecule has 1 aromatic heterocycles. The number of carbonyl (C=O) groups is 1. The first-order chi connectivity index (χ1) is 7.29. The van der Waals surface area contributed by atoms with Crippen LogP contribution in [0.2, 0.25) is 0 Å². The number of hydrogen-bond acceptors (Lipinski definition) is 2. The number of aldehydes is 1. The smallest absolute Gasteiger partial charge is 0.152 e. The predicted molar refractivity (Wildman–Crippen MR) is 58.2 cm³/mol. The summed E-state index contributed by atoms with van der Waals surface area (Å²) in [6.07, 6.45) is 4.59. The number of rotatable bonds is 2. The molecule has 15 heavy (non-hydrogen) atoms. The molecule has 0 aromatic carbocycles. The molecule has 1 aliphatic heterocycles. The Hall–Kier alpha value is -1.09. The zero-order chi connectivity index (χ0) is 10.4. The number of nitrogens with zero attached hydrogens (tertiary/aromatic N) is 1. The molecular formula is C12H16N2O. The van der Waals surface area contributed by atoms with Gasteiger partial charge in [0.1, 0.15) is 0 Å². The lowest BCUT2D eigenvalue weighted by molar-refractivity contribution is 0.112. The van der Waals surface area contributed by atoms with Crippen molar-refractivity contribution in [3.05, 3.63) is 22.5 Å². The molecule has 0 unspecified atom stereocenters. The Morgan fingerprint density at radius 1 is 1.47 bits per heavy atom. The van der Waals surface area contributed by atoms with E-state index < -0.39 is 0 Å². The third-order valence-corrected chi connectivity index (χ3v) is 3.54. The Labute approximate surface area is 89.5 Å². The Morgan fingerprint density at radius 3 is 2.93 bits per heavy atom. The van der Waals surface area contributed by atoms with Crippen molar-refractivity contribution in [1.82, 2.24) is 9.88 Å². The van der Waals surface area contributed by atoms with E-state index in [2.05, 4.69) is 16.9 Å². The first-order valence-electron chi connectivity index (χ1n) is 5.67. The molecule has 80 valence electrons. The second-order valence-corrected chi connectivity index (χ2v) is 4.79. The molecule has 1 aromatic rings. The van der Waals surface area contributed by atoms with Crippen molar-refractivity contribution < 1.29 is 4.79 Å². The summed E-state index contributed by atoms with van der Waals surface area (Å²) in [7, 11) is 2.11. The van der Waals surface area contributed by atoms with Crippen LogP contribution in [0.5, 0.6) is 0 Å². The van der Waals surface area contributed by atoms with Crippen LogP contribution in [0.25, 0.3) is 0 Å². The summed E-state index contributed by atoms with van der Waals surface area (Å²) in [4.78, 5) is 16.9. The van der Waals surface area contributed by atoms with Crippen LogP contribution in [0.3, 0.4) is 0 Å². The summed E-state index contributed by atoms with van der Waals surface area (Å²) in [5, 5.41) is 0. The van der Waals surface area contributed by atoms with Crippen molar-refractivity contribution in [1.29, 1.82) is 0 Å². The summed E-state index contributed by atoms with van der Waals surface area (Å²) in [5.41, 5.74) is 4.72. The topological polar surface area (TPSA) is 36.1 Å². The van der Waals surface area contributed by atoms with Crippen LogP contribution >= 0.6 is 0 Å². The standard InChI is InChI=1S/C12H16N2O/c1-14-5-4-11-9(6-14)10(7-15)12(13-11)8-2-3-8/h7-8,13H,2-6H2,1H3. The lowest BCUT2D eigenvalue weighted by atomic mass is 10.0. The van der Waals surface area contributed by atoms with Gasteiger partial charge in [-0.25, -0.2) is 0 Å². The molecule has 3 rings (SSSR count). The van der Waals surface area contributed by atoms with Crippen LogP contribution in [0.4, 0.5) is 0 Å². The van der Waals surface area contributed by atoms with Crippen molar-refractivity contribution in [3.63, 3.8) is 0 Å². The molecule has 3 nitrogen and oxygen atoms in total. The van der Waals surface area contributed by atoms with Crippen LogP contribution < -0.4 is 0 Å². The van der Waals surface area contributed by atoms with E-state index in [1.165, 1.54) is 29.8 Å². The van der Waals surface area contributed by atoms with Gasteiger partial charge in [0.25, 0.3) is 0 Å². The van der Waals surface area contributed by atoms with E-state index in [0.29, 0.717) is 5.92 Å². The molecule has 0 atom stereocenters. The van der Waals surface area contributed by atoms with Gasteiger partial charge in [-0.2, -0.15) is 0 Å². The zero-order valence-electron chi connectivity index (χ0n) is 9.05. The molecule has 1 saturated carbocycles. The van der Waals surface area contributed by atoms with Crippen LogP contribution in [0.1, 0.15) is 46.1 Å². The van der Waals surface area contributed by atoms with Gasteiger partial charge in [0.2, 0.25) is 0 Å². The highest BCUT2D eigenvalue weighted by Gasteiger charge is 2.31. The molecule has 1 fully saturated rings. The van der Waals surface area contributed by atoms with Gasteiger partial charge in [0, 0.05) is 36.5 Å². The molecule has 1 N–H and O–H groups in total. The minimum atomic E-state index is 0.640. The summed E-state index contributed by atoms with van der Waals surface area (Å²) >= 11 is 0. The number of aromatic amines is 1. The molecule has 0 bridgehead atoms. The quantitative estimate of drug-likeness (QED) is 0.744.